The smallest absolute Gasteiger partial charge is 0.280 e. The van der Waals surface area contributed by atoms with Crippen LogP contribution in [0.3, 0.4) is 0 Å². The van der Waals surface area contributed by atoms with Crippen LogP contribution in [0.4, 0.5) is 0 Å². The normalized spacial score (nSPS) is 13.6. The summed E-state index contributed by atoms with van der Waals surface area (Å²) in [5, 5.41) is 0. The molecule has 0 radical (unpaired) electrons. The maximum atomic E-state index is 6.21. The van der Waals surface area contributed by atoms with Gasteiger partial charge in [0.05, 0.1) is 6.61 Å². The van der Waals surface area contributed by atoms with Gasteiger partial charge in [0.1, 0.15) is 6.61 Å². The van der Waals surface area contributed by atoms with Crippen molar-refractivity contribution in [3.63, 3.8) is 0 Å². The van der Waals surface area contributed by atoms with Crippen molar-refractivity contribution < 1.29 is 22.4 Å². The van der Waals surface area contributed by atoms with Gasteiger partial charge in [-0.05, 0) is 72.8 Å². The molecule has 0 atom stereocenters. The van der Waals surface area contributed by atoms with Crippen LogP contribution in [-0.4, -0.2) is 53.8 Å². The fourth-order valence-electron chi connectivity index (χ4n) is 1.84. The first kappa shape index (κ1) is 25.1. The Morgan fingerprint density at radius 3 is 1.60 bits per heavy atom. The summed E-state index contributed by atoms with van der Waals surface area (Å²) >= 11 is 0. The van der Waals surface area contributed by atoms with E-state index in [4.69, 9.17) is 22.4 Å². The standard InChI is InChI=1S/C16H40O5Si4/c1-14(2)15(17-12-13-18-23(3,4)5)19-22-16(20-24(6,7)8)21-25(9,10)11/h16H,12-13,22H2,1-11H3. The number of rotatable bonds is 12. The van der Waals surface area contributed by atoms with Crippen molar-refractivity contribution in [1.29, 1.82) is 0 Å². The summed E-state index contributed by atoms with van der Waals surface area (Å²) in [5.74, 6) is 0.392. The Morgan fingerprint density at radius 1 is 0.760 bits per heavy atom. The van der Waals surface area contributed by atoms with E-state index in [-0.39, 0.29) is 5.91 Å². The van der Waals surface area contributed by atoms with Crippen LogP contribution in [0.2, 0.25) is 58.9 Å². The van der Waals surface area contributed by atoms with Gasteiger partial charge in [-0.1, -0.05) is 0 Å². The lowest BCUT2D eigenvalue weighted by molar-refractivity contribution is 0.0322. The quantitative estimate of drug-likeness (QED) is 0.203. The van der Waals surface area contributed by atoms with Crippen LogP contribution < -0.4 is 0 Å². The molecule has 0 spiro atoms. The largest absolute Gasteiger partial charge is 0.519 e. The summed E-state index contributed by atoms with van der Waals surface area (Å²) in [6, 6.07) is 0. The van der Waals surface area contributed by atoms with Crippen molar-refractivity contribution in [1.82, 2.24) is 0 Å². The van der Waals surface area contributed by atoms with Crippen molar-refractivity contribution in [3.8, 4) is 0 Å². The van der Waals surface area contributed by atoms with Gasteiger partial charge < -0.3 is 22.4 Å². The first-order valence-electron chi connectivity index (χ1n) is 9.02. The van der Waals surface area contributed by atoms with Crippen molar-refractivity contribution in [2.45, 2.75) is 78.7 Å². The Hall–Kier alpha value is 0.0875. The van der Waals surface area contributed by atoms with Crippen molar-refractivity contribution in [3.05, 3.63) is 11.5 Å². The molecule has 0 amide bonds. The zero-order chi connectivity index (χ0) is 19.9. The fraction of sp³-hybridized carbons (Fsp3) is 0.875. The third-order valence-corrected chi connectivity index (χ3v) is 7.29. The Morgan fingerprint density at radius 2 is 1.24 bits per heavy atom. The van der Waals surface area contributed by atoms with Crippen molar-refractivity contribution in [2.75, 3.05) is 13.2 Å². The Bertz CT molecular complexity index is 402. The molecule has 0 saturated carbocycles. The maximum Gasteiger partial charge on any atom is 0.280 e. The maximum absolute atomic E-state index is 6.21. The topological polar surface area (TPSA) is 46.2 Å². The van der Waals surface area contributed by atoms with Crippen LogP contribution in [0.5, 0.6) is 0 Å². The molecule has 0 rings (SSSR count). The molecule has 0 saturated heterocycles. The summed E-state index contributed by atoms with van der Waals surface area (Å²) in [4.78, 5) is 0. The predicted octanol–water partition coefficient (Wildman–Crippen LogP) is 4.19. The molecular formula is C16H40O5Si4. The van der Waals surface area contributed by atoms with Gasteiger partial charge in [-0.25, -0.2) is 0 Å². The molecule has 0 aliphatic carbocycles. The van der Waals surface area contributed by atoms with E-state index in [0.717, 1.165) is 5.57 Å². The second kappa shape index (κ2) is 10.4. The highest BCUT2D eigenvalue weighted by Crippen LogP contribution is 2.16. The third kappa shape index (κ3) is 16.0. The second-order valence-electron chi connectivity index (χ2n) is 9.30. The van der Waals surface area contributed by atoms with E-state index in [1.165, 1.54) is 0 Å². The summed E-state index contributed by atoms with van der Waals surface area (Å²) < 4.78 is 30.1. The zero-order valence-corrected chi connectivity index (χ0v) is 22.7. The highest BCUT2D eigenvalue weighted by molar-refractivity contribution is 6.71. The van der Waals surface area contributed by atoms with Crippen LogP contribution >= 0.6 is 0 Å². The number of hydrogen-bond acceptors (Lipinski definition) is 5. The Kier molecular flexibility index (Phi) is 10.5. The zero-order valence-electron chi connectivity index (χ0n) is 18.2. The lowest BCUT2D eigenvalue weighted by atomic mass is 10.4. The van der Waals surface area contributed by atoms with Gasteiger partial charge in [0, 0.05) is 5.57 Å². The monoisotopic (exact) mass is 424 g/mol. The van der Waals surface area contributed by atoms with E-state index >= 15 is 0 Å². The van der Waals surface area contributed by atoms with Crippen molar-refractivity contribution >= 4 is 34.7 Å². The highest BCUT2D eigenvalue weighted by Gasteiger charge is 2.28. The van der Waals surface area contributed by atoms with E-state index in [9.17, 15) is 0 Å². The first-order valence-corrected chi connectivity index (χ1v) is 20.6. The minimum atomic E-state index is -1.69. The van der Waals surface area contributed by atoms with Crippen LogP contribution in [-0.2, 0) is 22.4 Å². The average Bonchev–Trinajstić information content (AvgIpc) is 2.31. The Balaban J connectivity index is 4.64. The predicted molar refractivity (Wildman–Crippen MR) is 116 cm³/mol. The second-order valence-corrected chi connectivity index (χ2v) is 24.0. The van der Waals surface area contributed by atoms with E-state index in [1.54, 1.807) is 0 Å². The molecule has 0 heterocycles. The summed E-state index contributed by atoms with van der Waals surface area (Å²) in [6.07, 6.45) is 0. The van der Waals surface area contributed by atoms with Gasteiger partial charge in [0.2, 0.25) is 0 Å². The summed E-state index contributed by atoms with van der Waals surface area (Å²) in [6.45, 7) is 24.7. The van der Waals surface area contributed by atoms with Gasteiger partial charge in [-0.15, -0.1) is 0 Å². The molecule has 0 N–H and O–H groups in total. The first-order chi connectivity index (χ1) is 11.1. The number of ether oxygens (including phenoxy) is 1. The summed E-state index contributed by atoms with van der Waals surface area (Å²) in [7, 11) is -5.97. The lowest BCUT2D eigenvalue weighted by Gasteiger charge is -2.31. The van der Waals surface area contributed by atoms with E-state index < -0.39 is 34.7 Å². The minimum Gasteiger partial charge on any atom is -0.519 e. The van der Waals surface area contributed by atoms with Gasteiger partial charge in [0.25, 0.3) is 15.7 Å². The van der Waals surface area contributed by atoms with Gasteiger partial charge in [0.15, 0.2) is 30.9 Å². The van der Waals surface area contributed by atoms with Gasteiger partial charge in [-0.3, -0.25) is 0 Å². The van der Waals surface area contributed by atoms with Gasteiger partial charge in [-0.2, -0.15) is 0 Å². The average molecular weight is 425 g/mol. The SMILES string of the molecule is CC(C)=C(OCCO[Si](C)(C)C)O[SiH2]C(O[Si](C)(C)C)O[Si](C)(C)C. The molecule has 0 aromatic carbocycles. The molecule has 0 aromatic heterocycles. The molecule has 0 aliphatic heterocycles. The molecule has 0 unspecified atom stereocenters. The molecule has 0 aromatic rings. The molecular weight excluding hydrogens is 385 g/mol. The molecule has 0 bridgehead atoms. The van der Waals surface area contributed by atoms with Crippen LogP contribution in [0, 0.1) is 0 Å². The molecule has 0 aliphatic rings. The number of hydrogen-bond donors (Lipinski definition) is 0. The van der Waals surface area contributed by atoms with Gasteiger partial charge >= 0.3 is 0 Å². The van der Waals surface area contributed by atoms with Crippen LogP contribution in [0.1, 0.15) is 13.8 Å². The molecule has 25 heavy (non-hydrogen) atoms. The highest BCUT2D eigenvalue weighted by atomic mass is 28.4. The lowest BCUT2D eigenvalue weighted by Crippen LogP contribution is -2.43. The van der Waals surface area contributed by atoms with Crippen molar-refractivity contribution in [2.24, 2.45) is 0 Å². The Labute approximate surface area is 160 Å². The molecule has 5 nitrogen and oxygen atoms in total. The van der Waals surface area contributed by atoms with E-state index in [0.29, 0.717) is 19.2 Å². The minimum absolute atomic E-state index is 0.213. The molecule has 9 heteroatoms. The van der Waals surface area contributed by atoms with Crippen LogP contribution in [0.15, 0.2) is 11.5 Å². The summed E-state index contributed by atoms with van der Waals surface area (Å²) in [5.41, 5.74) is 1.03. The molecule has 0 fully saturated rings. The number of allylic oxidation sites excluding steroid dienone is 1. The van der Waals surface area contributed by atoms with E-state index in [1.807, 2.05) is 13.8 Å². The van der Waals surface area contributed by atoms with E-state index in [2.05, 4.69) is 58.9 Å². The molecule has 150 valence electrons. The van der Waals surface area contributed by atoms with Crippen LogP contribution in [0.25, 0.3) is 0 Å². The fourth-order valence-corrected chi connectivity index (χ4v) is 8.51. The third-order valence-electron chi connectivity index (χ3n) is 2.58.